The lowest BCUT2D eigenvalue weighted by atomic mass is 11.9. The van der Waals surface area contributed by atoms with Crippen LogP contribution in [-0.4, -0.2) is 26.0 Å². The second-order valence-corrected chi connectivity index (χ2v) is 11.1. The van der Waals surface area contributed by atoms with Crippen LogP contribution in [0, 0.1) is 0 Å². The van der Waals surface area contributed by atoms with E-state index in [0.717, 1.165) is 0 Å². The highest BCUT2D eigenvalue weighted by Crippen LogP contribution is 2.00. The molecule has 0 fully saturated rings. The van der Waals surface area contributed by atoms with Crippen LogP contribution in [0.1, 0.15) is 0 Å². The molecule has 0 aromatic carbocycles. The molecule has 0 aromatic rings. The summed E-state index contributed by atoms with van der Waals surface area (Å²) in [5.41, 5.74) is 0. The largest absolute Gasteiger partial charge is 0.429 e. The molecule has 2 atom stereocenters. The van der Waals surface area contributed by atoms with Crippen LogP contribution in [0.15, 0.2) is 0 Å². The zero-order valence-corrected chi connectivity index (χ0v) is 11.3. The van der Waals surface area contributed by atoms with Crippen LogP contribution in [0.5, 0.6) is 0 Å². The summed E-state index contributed by atoms with van der Waals surface area (Å²) in [5.74, 6) is 0. The Morgan fingerprint density at radius 3 is 1.40 bits per heavy atom. The van der Waals surface area contributed by atoms with Gasteiger partial charge in [0, 0.05) is 0 Å². The first-order valence-corrected chi connectivity index (χ1v) is 12.0. The molecular weight excluding hydrogens is 223 g/mol. The Hall–Kier alpha value is 1.15. The first kappa shape index (κ1) is 11.2. The summed E-state index contributed by atoms with van der Waals surface area (Å²) >= 11 is 11.4. The van der Waals surface area contributed by atoms with Crippen LogP contribution in [0.3, 0.4) is 0 Å². The maximum absolute atomic E-state index is 5.70. The fourth-order valence-corrected chi connectivity index (χ4v) is 8.23. The first-order chi connectivity index (χ1) is 4.52. The van der Waals surface area contributed by atoms with Crippen molar-refractivity contribution in [2.75, 3.05) is 0 Å². The summed E-state index contributed by atoms with van der Waals surface area (Å²) < 4.78 is 10.7. The molecule has 0 bridgehead atoms. The van der Waals surface area contributed by atoms with Crippen molar-refractivity contribution >= 4 is 48.1 Å². The van der Waals surface area contributed by atoms with Gasteiger partial charge in [-0.2, -0.15) is 0 Å². The molecule has 0 aromatic heterocycles. The molecule has 0 spiro atoms. The van der Waals surface area contributed by atoms with Crippen LogP contribution < -0.4 is 0 Å². The van der Waals surface area contributed by atoms with Crippen LogP contribution in [0.4, 0.5) is 0 Å². The molecule has 0 heterocycles. The highest BCUT2D eigenvalue weighted by atomic mass is 35.6. The second kappa shape index (κ2) is 5.76. The van der Waals surface area contributed by atoms with Crippen molar-refractivity contribution in [2.24, 2.45) is 0 Å². The quantitative estimate of drug-likeness (QED) is 0.535. The topological polar surface area (TPSA) is 18.5 Å². The molecular formula is C3H12Cl2O2Si3. The second-order valence-electron chi connectivity index (χ2n) is 1.93. The predicted molar refractivity (Wildman–Crippen MR) is 52.9 cm³/mol. The lowest BCUT2D eigenvalue weighted by molar-refractivity contribution is 0.459. The molecule has 10 heavy (non-hydrogen) atoms. The van der Waals surface area contributed by atoms with Crippen molar-refractivity contribution < 1.29 is 8.23 Å². The van der Waals surface area contributed by atoms with E-state index in [1.807, 2.05) is 19.6 Å². The highest BCUT2D eigenvalue weighted by molar-refractivity contribution is 7.06. The third-order valence-electron chi connectivity index (χ3n) is 0.758. The average molecular weight is 235 g/mol. The zero-order valence-electron chi connectivity index (χ0n) is 6.30. The normalized spacial score (nSPS) is 20.1. The predicted octanol–water partition coefficient (Wildman–Crippen LogP) is 1.05. The van der Waals surface area contributed by atoms with Crippen LogP contribution in [0.2, 0.25) is 19.6 Å². The highest BCUT2D eigenvalue weighted by Gasteiger charge is 2.12. The summed E-state index contributed by atoms with van der Waals surface area (Å²) in [6, 6.07) is 0. The summed E-state index contributed by atoms with van der Waals surface area (Å²) in [6.07, 6.45) is 0. The molecule has 0 rings (SSSR count). The fraction of sp³-hybridized carbons (Fsp3) is 1.00. The van der Waals surface area contributed by atoms with Gasteiger partial charge in [0.25, 0.3) is 26.0 Å². The van der Waals surface area contributed by atoms with Gasteiger partial charge in [-0.15, -0.1) is 22.2 Å². The van der Waals surface area contributed by atoms with E-state index in [-0.39, 0.29) is 0 Å². The van der Waals surface area contributed by atoms with E-state index in [1.54, 1.807) is 0 Å². The molecule has 0 aliphatic carbocycles. The minimum absolute atomic E-state index is 1.41. The van der Waals surface area contributed by atoms with Gasteiger partial charge < -0.3 is 8.23 Å². The maximum atomic E-state index is 5.70. The third-order valence-corrected chi connectivity index (χ3v) is 8.68. The molecule has 0 amide bonds. The summed E-state index contributed by atoms with van der Waals surface area (Å²) in [4.78, 5) is 0. The van der Waals surface area contributed by atoms with Crippen molar-refractivity contribution in [1.82, 2.24) is 0 Å². The third kappa shape index (κ3) is 7.26. The van der Waals surface area contributed by atoms with Gasteiger partial charge in [-0.3, -0.25) is 0 Å². The van der Waals surface area contributed by atoms with E-state index in [9.17, 15) is 0 Å². The Morgan fingerprint density at radius 2 is 1.20 bits per heavy atom. The Labute approximate surface area is 76.1 Å². The molecule has 2 nitrogen and oxygen atoms in total. The van der Waals surface area contributed by atoms with E-state index in [1.165, 1.54) is 0 Å². The molecule has 0 N–H and O–H groups in total. The van der Waals surface area contributed by atoms with Crippen molar-refractivity contribution in [3.8, 4) is 0 Å². The molecule has 62 valence electrons. The summed E-state index contributed by atoms with van der Waals surface area (Å²) in [7, 11) is -4.29. The van der Waals surface area contributed by atoms with Crippen molar-refractivity contribution in [2.45, 2.75) is 19.6 Å². The zero-order chi connectivity index (χ0) is 8.15. The molecule has 0 aliphatic heterocycles. The van der Waals surface area contributed by atoms with E-state index in [2.05, 4.69) is 0 Å². The Balaban J connectivity index is 3.34. The van der Waals surface area contributed by atoms with Crippen molar-refractivity contribution in [3.05, 3.63) is 0 Å². The number of halogens is 2. The van der Waals surface area contributed by atoms with Crippen LogP contribution in [-0.2, 0) is 8.23 Å². The van der Waals surface area contributed by atoms with Crippen molar-refractivity contribution in [1.29, 1.82) is 0 Å². The number of rotatable bonds is 4. The molecule has 2 unspecified atom stereocenters. The lowest BCUT2D eigenvalue weighted by Crippen LogP contribution is -2.27. The molecule has 0 radical (unpaired) electrons. The van der Waals surface area contributed by atoms with Crippen LogP contribution in [0.25, 0.3) is 0 Å². The summed E-state index contributed by atoms with van der Waals surface area (Å²) in [6.45, 7) is 5.78. The van der Waals surface area contributed by atoms with Gasteiger partial charge in [0.2, 0.25) is 0 Å². The Kier molecular flexibility index (Phi) is 6.42. The molecule has 0 saturated heterocycles. The van der Waals surface area contributed by atoms with Gasteiger partial charge in [0.05, 0.1) is 0 Å². The van der Waals surface area contributed by atoms with Gasteiger partial charge in [-0.1, -0.05) is 0 Å². The first-order valence-electron chi connectivity index (χ1n) is 3.11. The van der Waals surface area contributed by atoms with E-state index in [0.29, 0.717) is 0 Å². The SMILES string of the molecule is C[SiH](Cl)O[SiH](C)O[SiH](C)Cl. The van der Waals surface area contributed by atoms with Crippen LogP contribution >= 0.6 is 22.2 Å². The molecule has 0 aliphatic rings. The smallest absolute Gasteiger partial charge is 0.298 e. The van der Waals surface area contributed by atoms with Gasteiger partial charge in [0.1, 0.15) is 0 Å². The van der Waals surface area contributed by atoms with E-state index >= 15 is 0 Å². The van der Waals surface area contributed by atoms with E-state index < -0.39 is 26.0 Å². The fourth-order valence-electron chi connectivity index (χ4n) is 0.560. The minimum atomic E-state index is -1.46. The van der Waals surface area contributed by atoms with Gasteiger partial charge in [-0.25, -0.2) is 0 Å². The van der Waals surface area contributed by atoms with E-state index in [4.69, 9.17) is 30.4 Å². The van der Waals surface area contributed by atoms with Gasteiger partial charge in [0.15, 0.2) is 0 Å². The number of hydrogen-bond acceptors (Lipinski definition) is 2. The average Bonchev–Trinajstić information content (AvgIpc) is 1.58. The maximum Gasteiger partial charge on any atom is 0.298 e. The molecule has 0 saturated carbocycles. The Bertz CT molecular complexity index is 81.8. The Morgan fingerprint density at radius 1 is 0.900 bits per heavy atom. The lowest BCUT2D eigenvalue weighted by Gasteiger charge is -2.14. The standard InChI is InChI=1S/C3H12Cl2O2Si3/c1-8(4)6-10(3)7-9(2)5/h8-10H,1-3H3. The van der Waals surface area contributed by atoms with Gasteiger partial charge in [-0.05, 0) is 19.6 Å². The van der Waals surface area contributed by atoms with Gasteiger partial charge >= 0.3 is 0 Å². The monoisotopic (exact) mass is 234 g/mol. The summed E-state index contributed by atoms with van der Waals surface area (Å²) in [5, 5.41) is 0. The number of hydrogen-bond donors (Lipinski definition) is 0. The van der Waals surface area contributed by atoms with Crippen molar-refractivity contribution in [3.63, 3.8) is 0 Å². The molecule has 7 heteroatoms. The minimum Gasteiger partial charge on any atom is -0.429 e.